The van der Waals surface area contributed by atoms with Gasteiger partial charge in [-0.05, 0) is 18.4 Å². The van der Waals surface area contributed by atoms with Crippen LogP contribution in [0.15, 0.2) is 4.99 Å². The topological polar surface area (TPSA) is 61.9 Å². The quantitative estimate of drug-likeness (QED) is 0.827. The fraction of sp³-hybridized carbons (Fsp3) is 0.846. The molecule has 114 valence electrons. The van der Waals surface area contributed by atoms with Gasteiger partial charge in [-0.1, -0.05) is 18.7 Å². The van der Waals surface area contributed by atoms with Crippen LogP contribution < -0.4 is 5.73 Å². The summed E-state index contributed by atoms with van der Waals surface area (Å²) in [4.78, 5) is 21.0. The fourth-order valence-corrected chi connectivity index (χ4v) is 3.84. The molecule has 1 fully saturated rings. The monoisotopic (exact) mass is 316 g/mol. The molecule has 0 aromatic rings. The first-order valence-corrected chi connectivity index (χ1v) is 9.38. The molecule has 2 aliphatic heterocycles. The van der Waals surface area contributed by atoms with Gasteiger partial charge in [0.05, 0.1) is 12.6 Å². The summed E-state index contributed by atoms with van der Waals surface area (Å²) < 4.78 is 0. The van der Waals surface area contributed by atoms with E-state index in [1.54, 1.807) is 11.8 Å². The molecular formula is C13H24N4OS2. The van der Waals surface area contributed by atoms with Crippen LogP contribution in [0.2, 0.25) is 0 Å². The number of rotatable bonds is 4. The van der Waals surface area contributed by atoms with Crippen molar-refractivity contribution in [3.8, 4) is 0 Å². The lowest BCUT2D eigenvalue weighted by atomic mass is 10.2. The maximum atomic E-state index is 12.2. The van der Waals surface area contributed by atoms with Gasteiger partial charge in [-0.2, -0.15) is 11.8 Å². The third-order valence-corrected chi connectivity index (χ3v) is 5.40. The minimum Gasteiger partial charge on any atom is -0.348 e. The predicted octanol–water partition coefficient (Wildman–Crippen LogP) is 0.702. The summed E-state index contributed by atoms with van der Waals surface area (Å²) in [6.07, 6.45) is 2.80. The third kappa shape index (κ3) is 4.05. The van der Waals surface area contributed by atoms with E-state index in [1.165, 1.54) is 0 Å². The number of carbonyl (C=O) groups excluding carboxylic acids is 1. The Morgan fingerprint density at radius 2 is 2.20 bits per heavy atom. The number of amidine groups is 1. The van der Waals surface area contributed by atoms with Gasteiger partial charge < -0.3 is 15.5 Å². The van der Waals surface area contributed by atoms with E-state index in [1.807, 2.05) is 22.9 Å². The molecule has 0 saturated carbocycles. The van der Waals surface area contributed by atoms with Gasteiger partial charge in [-0.3, -0.25) is 9.79 Å². The van der Waals surface area contributed by atoms with Gasteiger partial charge in [0.2, 0.25) is 5.91 Å². The first-order valence-electron chi connectivity index (χ1n) is 7.11. The maximum absolute atomic E-state index is 12.2. The van der Waals surface area contributed by atoms with Crippen LogP contribution in [0.1, 0.15) is 13.3 Å². The highest BCUT2D eigenvalue weighted by Gasteiger charge is 2.28. The van der Waals surface area contributed by atoms with E-state index < -0.39 is 0 Å². The second-order valence-electron chi connectivity index (χ2n) is 5.25. The number of nitrogens with two attached hydrogens (primary N) is 1. The van der Waals surface area contributed by atoms with Crippen LogP contribution in [-0.4, -0.2) is 76.9 Å². The molecule has 2 heterocycles. The summed E-state index contributed by atoms with van der Waals surface area (Å²) in [5.74, 6) is 1.05. The maximum Gasteiger partial charge on any atom is 0.239 e. The van der Waals surface area contributed by atoms with E-state index in [0.29, 0.717) is 5.25 Å². The molecule has 0 radical (unpaired) electrons. The van der Waals surface area contributed by atoms with Gasteiger partial charge in [0, 0.05) is 31.4 Å². The average molecular weight is 316 g/mol. The number of thioether (sulfide) groups is 2. The highest BCUT2D eigenvalue weighted by Crippen LogP contribution is 2.23. The summed E-state index contributed by atoms with van der Waals surface area (Å²) in [5.41, 5.74) is 5.96. The molecule has 0 spiro atoms. The summed E-state index contributed by atoms with van der Waals surface area (Å²) in [6.45, 7) is 6.39. The molecule has 2 unspecified atom stereocenters. The third-order valence-electron chi connectivity index (χ3n) is 3.60. The molecular weight excluding hydrogens is 292 g/mol. The molecule has 2 rings (SSSR count). The summed E-state index contributed by atoms with van der Waals surface area (Å²) in [6, 6.07) is -0.341. The highest BCUT2D eigenvalue weighted by molar-refractivity contribution is 8.14. The molecule has 7 heteroatoms. The van der Waals surface area contributed by atoms with Gasteiger partial charge in [0.1, 0.15) is 0 Å². The van der Waals surface area contributed by atoms with Crippen molar-refractivity contribution >= 4 is 34.6 Å². The molecule has 0 aliphatic carbocycles. The van der Waals surface area contributed by atoms with Crippen LogP contribution in [0.5, 0.6) is 0 Å². The number of carbonyl (C=O) groups is 1. The minimum atomic E-state index is -0.341. The summed E-state index contributed by atoms with van der Waals surface area (Å²) in [5, 5.41) is 1.74. The molecule has 20 heavy (non-hydrogen) atoms. The zero-order valence-corrected chi connectivity index (χ0v) is 13.9. The Morgan fingerprint density at radius 1 is 1.50 bits per heavy atom. The van der Waals surface area contributed by atoms with E-state index in [0.717, 1.165) is 50.1 Å². The number of aliphatic imine (C=N–C) groups is 1. The minimum absolute atomic E-state index is 0.105. The molecule has 2 aliphatic rings. The van der Waals surface area contributed by atoms with Crippen molar-refractivity contribution < 1.29 is 4.79 Å². The van der Waals surface area contributed by atoms with Crippen LogP contribution in [0.25, 0.3) is 0 Å². The first kappa shape index (κ1) is 16.0. The Morgan fingerprint density at radius 3 is 2.75 bits per heavy atom. The van der Waals surface area contributed by atoms with E-state index in [9.17, 15) is 4.79 Å². The molecule has 0 aromatic carbocycles. The zero-order valence-electron chi connectivity index (χ0n) is 12.2. The van der Waals surface area contributed by atoms with Crippen molar-refractivity contribution in [3.05, 3.63) is 0 Å². The normalized spacial score (nSPS) is 24.8. The van der Waals surface area contributed by atoms with Crippen molar-refractivity contribution in [2.24, 2.45) is 10.7 Å². The Hall–Kier alpha value is -0.400. The van der Waals surface area contributed by atoms with Crippen LogP contribution in [0, 0.1) is 0 Å². The Balaban J connectivity index is 1.77. The smallest absolute Gasteiger partial charge is 0.239 e. The van der Waals surface area contributed by atoms with Crippen molar-refractivity contribution in [1.29, 1.82) is 0 Å². The largest absolute Gasteiger partial charge is 0.348 e. The number of nitrogens with zero attached hydrogens (tertiary/aromatic N) is 3. The second-order valence-corrected chi connectivity index (χ2v) is 7.64. The number of piperazine rings is 1. The van der Waals surface area contributed by atoms with E-state index in [-0.39, 0.29) is 11.9 Å². The van der Waals surface area contributed by atoms with Gasteiger partial charge >= 0.3 is 0 Å². The SMILES string of the molecule is CSCCC(N)C(=O)N1CCN(C2=NCC(C)S2)CC1. The molecule has 0 aromatic heterocycles. The zero-order chi connectivity index (χ0) is 14.5. The van der Waals surface area contributed by atoms with E-state index >= 15 is 0 Å². The predicted molar refractivity (Wildman–Crippen MR) is 88.5 cm³/mol. The first-order chi connectivity index (χ1) is 9.61. The van der Waals surface area contributed by atoms with E-state index in [4.69, 9.17) is 5.73 Å². The number of hydrogen-bond donors (Lipinski definition) is 1. The molecule has 1 amide bonds. The lowest BCUT2D eigenvalue weighted by molar-refractivity contribution is -0.133. The summed E-state index contributed by atoms with van der Waals surface area (Å²) in [7, 11) is 0. The molecule has 5 nitrogen and oxygen atoms in total. The van der Waals surface area contributed by atoms with Crippen molar-refractivity contribution in [1.82, 2.24) is 9.80 Å². The summed E-state index contributed by atoms with van der Waals surface area (Å²) >= 11 is 3.58. The Kier molecular flexibility index (Phi) is 6.04. The fourth-order valence-electron chi connectivity index (χ4n) is 2.36. The lowest BCUT2D eigenvalue weighted by Crippen LogP contribution is -2.54. The van der Waals surface area contributed by atoms with E-state index in [2.05, 4.69) is 16.8 Å². The van der Waals surface area contributed by atoms with Crippen molar-refractivity contribution in [3.63, 3.8) is 0 Å². The second kappa shape index (κ2) is 7.56. The molecule has 1 saturated heterocycles. The molecule has 2 N–H and O–H groups in total. The Bertz CT molecular complexity index is 369. The van der Waals surface area contributed by atoms with Crippen LogP contribution >= 0.6 is 23.5 Å². The average Bonchev–Trinajstić information content (AvgIpc) is 2.90. The van der Waals surface area contributed by atoms with Crippen molar-refractivity contribution in [2.45, 2.75) is 24.6 Å². The lowest BCUT2D eigenvalue weighted by Gasteiger charge is -2.36. The van der Waals surface area contributed by atoms with Crippen LogP contribution in [-0.2, 0) is 4.79 Å². The number of hydrogen-bond acceptors (Lipinski definition) is 6. The van der Waals surface area contributed by atoms with Crippen LogP contribution in [0.3, 0.4) is 0 Å². The highest BCUT2D eigenvalue weighted by atomic mass is 32.2. The molecule has 2 atom stereocenters. The van der Waals surface area contributed by atoms with Gasteiger partial charge in [0.25, 0.3) is 0 Å². The Labute approximate surface area is 129 Å². The van der Waals surface area contributed by atoms with Crippen molar-refractivity contribution in [2.75, 3.05) is 44.7 Å². The van der Waals surface area contributed by atoms with Gasteiger partial charge in [0.15, 0.2) is 5.17 Å². The van der Waals surface area contributed by atoms with Gasteiger partial charge in [-0.15, -0.1) is 0 Å². The molecule has 0 bridgehead atoms. The number of amides is 1. The standard InChI is InChI=1S/C13H24N4OS2/c1-10-9-15-13(20-10)17-6-4-16(5-7-17)12(18)11(14)3-8-19-2/h10-11H,3-9,14H2,1-2H3. The van der Waals surface area contributed by atoms with Crippen LogP contribution in [0.4, 0.5) is 0 Å². The van der Waals surface area contributed by atoms with Gasteiger partial charge in [-0.25, -0.2) is 0 Å².